The van der Waals surface area contributed by atoms with E-state index in [2.05, 4.69) is 36.5 Å². The zero-order chi connectivity index (χ0) is 11.9. The zero-order valence-corrected chi connectivity index (χ0v) is 10.8. The van der Waals surface area contributed by atoms with Gasteiger partial charge in [-0.15, -0.1) is 0 Å². The van der Waals surface area contributed by atoms with Crippen LogP contribution in [-0.2, 0) is 0 Å². The van der Waals surface area contributed by atoms with Crippen molar-refractivity contribution >= 4 is 27.6 Å². The molecule has 4 nitrogen and oxygen atoms in total. The average Bonchev–Trinajstić information content (AvgIpc) is 2.38. The summed E-state index contributed by atoms with van der Waals surface area (Å²) in [7, 11) is 0. The zero-order valence-electron chi connectivity index (χ0n) is 9.23. The number of anilines is 2. The van der Waals surface area contributed by atoms with Crippen LogP contribution in [0.15, 0.2) is 47.2 Å². The third-order valence-electron chi connectivity index (χ3n) is 2.13. The molecule has 0 amide bonds. The second-order valence-corrected chi connectivity index (χ2v) is 4.36. The van der Waals surface area contributed by atoms with Crippen molar-refractivity contribution in [2.75, 3.05) is 23.7 Å². The van der Waals surface area contributed by atoms with E-state index < -0.39 is 0 Å². The molecular formula is C12H13BrN4. The van der Waals surface area contributed by atoms with Crippen LogP contribution in [-0.4, -0.2) is 23.1 Å². The summed E-state index contributed by atoms with van der Waals surface area (Å²) in [4.78, 5) is 8.25. The molecule has 0 aliphatic carbocycles. The van der Waals surface area contributed by atoms with Crippen molar-refractivity contribution < 1.29 is 0 Å². The highest BCUT2D eigenvalue weighted by atomic mass is 79.9. The Balaban J connectivity index is 1.71. The lowest BCUT2D eigenvalue weighted by Crippen LogP contribution is -2.14. The molecule has 1 aromatic heterocycles. The van der Waals surface area contributed by atoms with Crippen LogP contribution in [0, 0.1) is 0 Å². The summed E-state index contributed by atoms with van der Waals surface area (Å²) in [6.45, 7) is 1.60. The van der Waals surface area contributed by atoms with E-state index in [1.165, 1.54) is 0 Å². The van der Waals surface area contributed by atoms with E-state index in [4.69, 9.17) is 0 Å². The molecule has 2 rings (SSSR count). The molecule has 0 atom stereocenters. The Morgan fingerprint density at radius 3 is 2.29 bits per heavy atom. The van der Waals surface area contributed by atoms with Crippen LogP contribution < -0.4 is 10.6 Å². The van der Waals surface area contributed by atoms with E-state index in [1.807, 2.05) is 30.3 Å². The van der Waals surface area contributed by atoms with Gasteiger partial charge < -0.3 is 10.6 Å². The molecule has 0 saturated carbocycles. The second-order valence-electron chi connectivity index (χ2n) is 3.44. The number of halogens is 1. The van der Waals surface area contributed by atoms with Crippen LogP contribution in [0.3, 0.4) is 0 Å². The van der Waals surface area contributed by atoms with Crippen LogP contribution in [0.25, 0.3) is 0 Å². The van der Waals surface area contributed by atoms with Crippen LogP contribution in [0.2, 0.25) is 0 Å². The van der Waals surface area contributed by atoms with Gasteiger partial charge in [-0.2, -0.15) is 0 Å². The van der Waals surface area contributed by atoms with Gasteiger partial charge in [-0.05, 0) is 28.1 Å². The molecule has 0 spiro atoms. The first kappa shape index (κ1) is 11.9. The fourth-order valence-electron chi connectivity index (χ4n) is 1.34. The minimum Gasteiger partial charge on any atom is -0.383 e. The van der Waals surface area contributed by atoms with E-state index in [9.17, 15) is 0 Å². The summed E-state index contributed by atoms with van der Waals surface area (Å²) < 4.78 is 0.880. The SMILES string of the molecule is Brc1cnc(NCCNc2ccccc2)nc1. The molecule has 88 valence electrons. The summed E-state index contributed by atoms with van der Waals surface area (Å²) in [5.41, 5.74) is 1.12. The third kappa shape index (κ3) is 4.03. The molecule has 17 heavy (non-hydrogen) atoms. The van der Waals surface area contributed by atoms with E-state index in [0.29, 0.717) is 5.95 Å². The Morgan fingerprint density at radius 1 is 0.941 bits per heavy atom. The van der Waals surface area contributed by atoms with Gasteiger partial charge in [0.25, 0.3) is 0 Å². The first-order valence-corrected chi connectivity index (χ1v) is 6.14. The van der Waals surface area contributed by atoms with Crippen molar-refractivity contribution in [1.29, 1.82) is 0 Å². The summed E-state index contributed by atoms with van der Waals surface area (Å²) in [5, 5.41) is 6.44. The largest absolute Gasteiger partial charge is 0.383 e. The topological polar surface area (TPSA) is 49.8 Å². The second kappa shape index (κ2) is 6.20. The maximum absolute atomic E-state index is 4.13. The van der Waals surface area contributed by atoms with Gasteiger partial charge in [0, 0.05) is 31.2 Å². The molecular weight excluding hydrogens is 280 g/mol. The molecule has 0 saturated heterocycles. The Morgan fingerprint density at radius 2 is 1.59 bits per heavy atom. The summed E-state index contributed by atoms with van der Waals surface area (Å²) in [5.74, 6) is 0.642. The number of hydrogen-bond donors (Lipinski definition) is 2. The Hall–Kier alpha value is -1.62. The lowest BCUT2D eigenvalue weighted by Gasteiger charge is -2.07. The molecule has 0 fully saturated rings. The van der Waals surface area contributed by atoms with E-state index in [-0.39, 0.29) is 0 Å². The molecule has 0 aliphatic rings. The van der Waals surface area contributed by atoms with Gasteiger partial charge in [-0.3, -0.25) is 0 Å². The van der Waals surface area contributed by atoms with Crippen molar-refractivity contribution in [2.45, 2.75) is 0 Å². The number of rotatable bonds is 5. The standard InChI is InChI=1S/C12H13BrN4/c13-10-8-16-12(17-9-10)15-7-6-14-11-4-2-1-3-5-11/h1-5,8-9,14H,6-7H2,(H,15,16,17). The van der Waals surface area contributed by atoms with Crippen molar-refractivity contribution in [2.24, 2.45) is 0 Å². The normalized spacial score (nSPS) is 9.94. The van der Waals surface area contributed by atoms with Crippen LogP contribution in [0.1, 0.15) is 0 Å². The van der Waals surface area contributed by atoms with Gasteiger partial charge in [-0.25, -0.2) is 9.97 Å². The number of benzene rings is 1. The highest BCUT2D eigenvalue weighted by molar-refractivity contribution is 9.10. The molecule has 0 aliphatic heterocycles. The molecule has 2 N–H and O–H groups in total. The fourth-order valence-corrected chi connectivity index (χ4v) is 1.55. The predicted octanol–water partition coefficient (Wildman–Crippen LogP) is 2.76. The molecule has 1 aromatic carbocycles. The van der Waals surface area contributed by atoms with Gasteiger partial charge in [0.1, 0.15) is 0 Å². The number of para-hydroxylation sites is 1. The minimum atomic E-state index is 0.642. The maximum Gasteiger partial charge on any atom is 0.222 e. The first-order valence-electron chi connectivity index (χ1n) is 5.35. The fraction of sp³-hybridized carbons (Fsp3) is 0.167. The Kier molecular flexibility index (Phi) is 4.32. The monoisotopic (exact) mass is 292 g/mol. The molecule has 0 unspecified atom stereocenters. The van der Waals surface area contributed by atoms with E-state index in [1.54, 1.807) is 12.4 Å². The van der Waals surface area contributed by atoms with Crippen LogP contribution in [0.5, 0.6) is 0 Å². The van der Waals surface area contributed by atoms with Gasteiger partial charge in [0.2, 0.25) is 5.95 Å². The number of aromatic nitrogens is 2. The number of nitrogens with zero attached hydrogens (tertiary/aromatic N) is 2. The van der Waals surface area contributed by atoms with Gasteiger partial charge in [0.15, 0.2) is 0 Å². The Labute approximate surface area is 109 Å². The van der Waals surface area contributed by atoms with Crippen LogP contribution >= 0.6 is 15.9 Å². The van der Waals surface area contributed by atoms with Crippen molar-refractivity contribution in [3.8, 4) is 0 Å². The highest BCUT2D eigenvalue weighted by Crippen LogP contribution is 2.07. The number of nitrogens with one attached hydrogen (secondary N) is 2. The smallest absolute Gasteiger partial charge is 0.222 e. The summed E-state index contributed by atoms with van der Waals surface area (Å²) >= 11 is 3.29. The number of hydrogen-bond acceptors (Lipinski definition) is 4. The molecule has 2 aromatic rings. The molecule has 5 heteroatoms. The minimum absolute atomic E-state index is 0.642. The van der Waals surface area contributed by atoms with Crippen LogP contribution in [0.4, 0.5) is 11.6 Å². The molecule has 1 heterocycles. The van der Waals surface area contributed by atoms with Crippen molar-refractivity contribution in [3.05, 3.63) is 47.2 Å². The summed E-state index contributed by atoms with van der Waals surface area (Å²) in [6.07, 6.45) is 3.44. The van der Waals surface area contributed by atoms with Gasteiger partial charge in [0.05, 0.1) is 4.47 Å². The first-order chi connectivity index (χ1) is 8.34. The maximum atomic E-state index is 4.13. The molecule has 0 bridgehead atoms. The predicted molar refractivity (Wildman–Crippen MR) is 73.2 cm³/mol. The van der Waals surface area contributed by atoms with Gasteiger partial charge in [-0.1, -0.05) is 18.2 Å². The average molecular weight is 293 g/mol. The highest BCUT2D eigenvalue weighted by Gasteiger charge is 1.94. The van der Waals surface area contributed by atoms with Gasteiger partial charge >= 0.3 is 0 Å². The molecule has 0 radical (unpaired) electrons. The third-order valence-corrected chi connectivity index (χ3v) is 2.54. The van der Waals surface area contributed by atoms with Crippen molar-refractivity contribution in [3.63, 3.8) is 0 Å². The summed E-state index contributed by atoms with van der Waals surface area (Å²) in [6, 6.07) is 10.1. The van der Waals surface area contributed by atoms with E-state index >= 15 is 0 Å². The Bertz CT molecular complexity index is 444. The quantitative estimate of drug-likeness (QED) is 0.832. The lowest BCUT2D eigenvalue weighted by molar-refractivity contribution is 1.02. The van der Waals surface area contributed by atoms with E-state index in [0.717, 1.165) is 23.2 Å². The lowest BCUT2D eigenvalue weighted by atomic mass is 10.3. The van der Waals surface area contributed by atoms with Crippen molar-refractivity contribution in [1.82, 2.24) is 9.97 Å².